The highest BCUT2D eigenvalue weighted by Gasteiger charge is 2.34. The quantitative estimate of drug-likeness (QED) is 0.543. The Hall–Kier alpha value is -1.84. The first kappa shape index (κ1) is 16.2. The number of hydrogen-bond acceptors (Lipinski definition) is 5. The van der Waals surface area contributed by atoms with Crippen molar-refractivity contribution in [2.45, 2.75) is 24.9 Å². The van der Waals surface area contributed by atoms with E-state index in [9.17, 15) is 22.8 Å². The average molecular weight is 307 g/mol. The zero-order valence-electron chi connectivity index (χ0n) is 10.9. The van der Waals surface area contributed by atoms with Gasteiger partial charge in [-0.15, -0.1) is 0 Å². The molecule has 20 heavy (non-hydrogen) atoms. The second-order valence-corrected chi connectivity index (χ2v) is 6.91. The predicted molar refractivity (Wildman–Crippen MR) is 68.6 cm³/mol. The second-order valence-electron chi connectivity index (χ2n) is 4.68. The van der Waals surface area contributed by atoms with Crippen molar-refractivity contribution in [2.24, 2.45) is 5.73 Å². The van der Waals surface area contributed by atoms with Gasteiger partial charge in [0.05, 0.1) is 17.9 Å². The number of hydrogen-bond donors (Lipinski definition) is 3. The van der Waals surface area contributed by atoms with Crippen LogP contribution in [0.25, 0.3) is 0 Å². The van der Waals surface area contributed by atoms with Gasteiger partial charge in [0, 0.05) is 13.1 Å². The molecule has 1 aliphatic rings. The van der Waals surface area contributed by atoms with Crippen LogP contribution >= 0.6 is 0 Å². The van der Waals surface area contributed by atoms with Crippen LogP contribution in [0.3, 0.4) is 0 Å². The van der Waals surface area contributed by atoms with Crippen LogP contribution in [0.5, 0.6) is 0 Å². The molecule has 1 saturated heterocycles. The van der Waals surface area contributed by atoms with E-state index in [0.29, 0.717) is 6.42 Å². The molecule has 0 aromatic heterocycles. The number of rotatable bonds is 5. The summed E-state index contributed by atoms with van der Waals surface area (Å²) in [5, 5.41) is 11.0. The number of carboxylic acids is 1. The minimum Gasteiger partial charge on any atom is -0.480 e. The molecule has 0 radical (unpaired) electrons. The Morgan fingerprint density at radius 2 is 2.05 bits per heavy atom. The smallest absolute Gasteiger partial charge is 0.326 e. The Morgan fingerprint density at radius 1 is 1.45 bits per heavy atom. The topological polar surface area (TPSA) is 147 Å². The molecule has 0 bridgehead atoms. The van der Waals surface area contributed by atoms with Gasteiger partial charge in [0.2, 0.25) is 5.91 Å². The van der Waals surface area contributed by atoms with Gasteiger partial charge in [-0.2, -0.15) is 0 Å². The standard InChI is InChI=1S/C10H17N3O6S/c1-13(6-2-3-20(18,19)5-6)10(17)12-7(9(15)16)4-8(11)14/h6-7H,2-5H2,1H3,(H2,11,14)(H,12,17)(H,15,16). The lowest BCUT2D eigenvalue weighted by Gasteiger charge is -2.25. The van der Waals surface area contributed by atoms with Crippen molar-refractivity contribution in [3.05, 3.63) is 0 Å². The number of carboxylic acid groups (broad SMARTS) is 1. The fourth-order valence-electron chi connectivity index (χ4n) is 1.90. The maximum atomic E-state index is 11.8. The molecule has 1 aliphatic heterocycles. The lowest BCUT2D eigenvalue weighted by Crippen LogP contribution is -2.51. The van der Waals surface area contributed by atoms with Gasteiger partial charge in [-0.05, 0) is 6.42 Å². The number of carbonyl (C=O) groups excluding carboxylic acids is 2. The summed E-state index contributed by atoms with van der Waals surface area (Å²) in [4.78, 5) is 34.6. The second kappa shape index (κ2) is 6.07. The Kier molecular flexibility index (Phi) is 4.93. The monoisotopic (exact) mass is 307 g/mol. The number of primary amides is 1. The van der Waals surface area contributed by atoms with Gasteiger partial charge in [0.25, 0.3) is 0 Å². The molecule has 1 heterocycles. The highest BCUT2D eigenvalue weighted by atomic mass is 32.2. The first-order chi connectivity index (χ1) is 9.12. The molecule has 114 valence electrons. The van der Waals surface area contributed by atoms with Crippen molar-refractivity contribution < 1.29 is 27.9 Å². The number of sulfone groups is 1. The highest BCUT2D eigenvalue weighted by molar-refractivity contribution is 7.91. The third-order valence-electron chi connectivity index (χ3n) is 3.08. The summed E-state index contributed by atoms with van der Waals surface area (Å²) in [6.45, 7) is 0. The third-order valence-corrected chi connectivity index (χ3v) is 4.83. The van der Waals surface area contributed by atoms with E-state index in [1.54, 1.807) is 0 Å². The molecule has 0 aromatic carbocycles. The van der Waals surface area contributed by atoms with E-state index in [1.807, 2.05) is 0 Å². The summed E-state index contributed by atoms with van der Waals surface area (Å²) >= 11 is 0. The molecule has 10 heteroatoms. The minimum absolute atomic E-state index is 0.00106. The summed E-state index contributed by atoms with van der Waals surface area (Å²) < 4.78 is 22.7. The van der Waals surface area contributed by atoms with Gasteiger partial charge in [0.1, 0.15) is 6.04 Å². The summed E-state index contributed by atoms with van der Waals surface area (Å²) in [6, 6.07) is -2.68. The SMILES string of the molecule is CN(C(=O)NC(CC(N)=O)C(=O)O)C1CCS(=O)(=O)C1. The van der Waals surface area contributed by atoms with Gasteiger partial charge in [-0.1, -0.05) is 0 Å². The van der Waals surface area contributed by atoms with Crippen LogP contribution < -0.4 is 11.1 Å². The minimum atomic E-state index is -3.15. The molecule has 0 aliphatic carbocycles. The number of nitrogens with one attached hydrogen (secondary N) is 1. The zero-order valence-corrected chi connectivity index (χ0v) is 11.7. The van der Waals surface area contributed by atoms with E-state index in [1.165, 1.54) is 7.05 Å². The molecule has 9 nitrogen and oxygen atoms in total. The zero-order chi connectivity index (χ0) is 15.5. The maximum Gasteiger partial charge on any atom is 0.326 e. The number of nitrogens with zero attached hydrogens (tertiary/aromatic N) is 1. The molecule has 1 rings (SSSR count). The first-order valence-corrected chi connectivity index (χ1v) is 7.69. The fourth-order valence-corrected chi connectivity index (χ4v) is 3.67. The van der Waals surface area contributed by atoms with E-state index in [-0.39, 0.29) is 11.5 Å². The summed E-state index contributed by atoms with van der Waals surface area (Å²) in [7, 11) is -1.77. The van der Waals surface area contributed by atoms with Crippen molar-refractivity contribution in [3.8, 4) is 0 Å². The van der Waals surface area contributed by atoms with Crippen LogP contribution in [-0.2, 0) is 19.4 Å². The lowest BCUT2D eigenvalue weighted by atomic mass is 10.2. The van der Waals surface area contributed by atoms with E-state index in [4.69, 9.17) is 10.8 Å². The van der Waals surface area contributed by atoms with Gasteiger partial charge >= 0.3 is 12.0 Å². The lowest BCUT2D eigenvalue weighted by molar-refractivity contribution is -0.141. The maximum absolute atomic E-state index is 11.8. The van der Waals surface area contributed by atoms with Crippen LogP contribution in [-0.4, -0.2) is 67.0 Å². The predicted octanol–water partition coefficient (Wildman–Crippen LogP) is -1.86. The molecule has 3 amide bonds. The van der Waals surface area contributed by atoms with E-state index in [2.05, 4.69) is 5.32 Å². The molecule has 4 N–H and O–H groups in total. The molecular weight excluding hydrogens is 290 g/mol. The molecule has 0 saturated carbocycles. The number of carbonyl (C=O) groups is 3. The van der Waals surface area contributed by atoms with Crippen molar-refractivity contribution in [3.63, 3.8) is 0 Å². The Balaban J connectivity index is 2.65. The summed E-state index contributed by atoms with van der Waals surface area (Å²) in [5.41, 5.74) is 4.89. The van der Waals surface area contributed by atoms with Crippen LogP contribution in [0, 0.1) is 0 Å². The van der Waals surface area contributed by atoms with E-state index >= 15 is 0 Å². The van der Waals surface area contributed by atoms with Gasteiger partial charge in [0.15, 0.2) is 9.84 Å². The number of urea groups is 1. The molecular formula is C10H17N3O6S. The van der Waals surface area contributed by atoms with Gasteiger partial charge < -0.3 is 21.1 Å². The number of aliphatic carboxylic acids is 1. The largest absolute Gasteiger partial charge is 0.480 e. The Bertz CT molecular complexity index is 517. The number of amides is 3. The van der Waals surface area contributed by atoms with Crippen LogP contribution in [0.1, 0.15) is 12.8 Å². The number of nitrogens with two attached hydrogens (primary N) is 1. The van der Waals surface area contributed by atoms with Crippen molar-refractivity contribution in [1.29, 1.82) is 0 Å². The summed E-state index contributed by atoms with van der Waals surface area (Å²) in [5.74, 6) is -2.39. The van der Waals surface area contributed by atoms with Gasteiger partial charge in [-0.3, -0.25) is 4.79 Å². The highest BCUT2D eigenvalue weighted by Crippen LogP contribution is 2.16. The molecule has 2 atom stereocenters. The van der Waals surface area contributed by atoms with Gasteiger partial charge in [-0.25, -0.2) is 18.0 Å². The first-order valence-electron chi connectivity index (χ1n) is 5.87. The molecule has 2 unspecified atom stereocenters. The molecule has 0 aromatic rings. The van der Waals surface area contributed by atoms with Crippen molar-refractivity contribution >= 4 is 27.7 Å². The normalized spacial score (nSPS) is 21.9. The average Bonchev–Trinajstić information content (AvgIpc) is 2.67. The van der Waals surface area contributed by atoms with Crippen molar-refractivity contribution in [1.82, 2.24) is 10.2 Å². The summed E-state index contributed by atoms with van der Waals surface area (Å²) in [6.07, 6.45) is -0.225. The third kappa shape index (κ3) is 4.37. The molecule has 0 spiro atoms. The van der Waals surface area contributed by atoms with Crippen LogP contribution in [0.15, 0.2) is 0 Å². The van der Waals surface area contributed by atoms with E-state index in [0.717, 1.165) is 4.90 Å². The fraction of sp³-hybridized carbons (Fsp3) is 0.700. The Labute approximate surface area is 116 Å². The van der Waals surface area contributed by atoms with E-state index < -0.39 is 46.2 Å². The van der Waals surface area contributed by atoms with Crippen molar-refractivity contribution in [2.75, 3.05) is 18.6 Å². The van der Waals surface area contributed by atoms with Crippen LogP contribution in [0.2, 0.25) is 0 Å². The molecule has 1 fully saturated rings. The Morgan fingerprint density at radius 3 is 2.45 bits per heavy atom. The van der Waals surface area contributed by atoms with Crippen LogP contribution in [0.4, 0.5) is 4.79 Å².